The second-order valence-corrected chi connectivity index (χ2v) is 5.19. The minimum absolute atomic E-state index is 0.972. The van der Waals surface area contributed by atoms with Crippen LogP contribution >= 0.6 is 0 Å². The van der Waals surface area contributed by atoms with Crippen LogP contribution in [-0.4, -0.2) is 13.1 Å². The molecule has 94 valence electrons. The first-order chi connectivity index (χ1) is 7.88. The summed E-state index contributed by atoms with van der Waals surface area (Å²) in [6.45, 7) is 8.37. The molecular formula is C15H29N. The normalized spacial score (nSPS) is 24.8. The molecule has 2 unspecified atom stereocenters. The summed E-state index contributed by atoms with van der Waals surface area (Å²) in [4.78, 5) is 0. The van der Waals surface area contributed by atoms with Crippen LogP contribution in [0.5, 0.6) is 0 Å². The lowest BCUT2D eigenvalue weighted by atomic mass is 9.90. The molecule has 1 saturated carbocycles. The van der Waals surface area contributed by atoms with E-state index < -0.39 is 0 Å². The number of hydrogen-bond acceptors (Lipinski definition) is 1. The maximum absolute atomic E-state index is 3.77. The predicted molar refractivity (Wildman–Crippen MR) is 72.7 cm³/mol. The summed E-state index contributed by atoms with van der Waals surface area (Å²) in [5, 5.41) is 3.52. The minimum atomic E-state index is 0.972. The summed E-state index contributed by atoms with van der Waals surface area (Å²) >= 11 is 0. The van der Waals surface area contributed by atoms with Crippen molar-refractivity contribution in [2.75, 3.05) is 13.1 Å². The third-order valence-corrected chi connectivity index (χ3v) is 3.96. The molecule has 16 heavy (non-hydrogen) atoms. The molecule has 2 atom stereocenters. The Bertz CT molecular complexity index is 176. The average Bonchev–Trinajstić information content (AvgIpc) is 2.74. The number of nitrogens with one attached hydrogen (secondary N) is 1. The Kier molecular flexibility index (Phi) is 7.58. The summed E-state index contributed by atoms with van der Waals surface area (Å²) in [7, 11) is 0. The maximum atomic E-state index is 3.77. The molecule has 0 aromatic carbocycles. The Labute approximate surface area is 102 Å². The molecule has 1 heteroatoms. The molecule has 0 aliphatic heterocycles. The molecule has 0 heterocycles. The first-order valence-electron chi connectivity index (χ1n) is 7.20. The zero-order chi connectivity index (χ0) is 11.6. The zero-order valence-electron chi connectivity index (χ0n) is 11.0. The second kappa shape index (κ2) is 8.81. The molecule has 0 amide bonds. The average molecular weight is 223 g/mol. The second-order valence-electron chi connectivity index (χ2n) is 5.19. The van der Waals surface area contributed by atoms with Crippen LogP contribution in [0.4, 0.5) is 0 Å². The van der Waals surface area contributed by atoms with E-state index in [4.69, 9.17) is 0 Å². The Morgan fingerprint density at radius 1 is 1.19 bits per heavy atom. The van der Waals surface area contributed by atoms with Crippen LogP contribution < -0.4 is 5.32 Å². The molecule has 0 radical (unpaired) electrons. The van der Waals surface area contributed by atoms with Gasteiger partial charge in [0.25, 0.3) is 0 Å². The van der Waals surface area contributed by atoms with Gasteiger partial charge in [0.1, 0.15) is 0 Å². The highest BCUT2D eigenvalue weighted by Crippen LogP contribution is 2.34. The molecule has 1 fully saturated rings. The van der Waals surface area contributed by atoms with Gasteiger partial charge in [0.15, 0.2) is 0 Å². The molecule has 0 aromatic heterocycles. The summed E-state index contributed by atoms with van der Waals surface area (Å²) in [6, 6.07) is 0. The minimum Gasteiger partial charge on any atom is -0.317 e. The molecular weight excluding hydrogens is 194 g/mol. The fraction of sp³-hybridized carbons (Fsp3) is 0.867. The fourth-order valence-electron chi connectivity index (χ4n) is 2.96. The summed E-state index contributed by atoms with van der Waals surface area (Å²) < 4.78 is 0. The Hall–Kier alpha value is -0.300. The van der Waals surface area contributed by atoms with Crippen LogP contribution in [0.2, 0.25) is 0 Å². The van der Waals surface area contributed by atoms with E-state index in [1.165, 1.54) is 57.9 Å². The number of allylic oxidation sites excluding steroid dienone is 1. The van der Waals surface area contributed by atoms with Crippen molar-refractivity contribution in [1.82, 2.24) is 5.32 Å². The largest absolute Gasteiger partial charge is 0.317 e. The molecule has 1 N–H and O–H groups in total. The molecule has 0 spiro atoms. The third-order valence-electron chi connectivity index (χ3n) is 3.96. The van der Waals surface area contributed by atoms with E-state index in [1.807, 2.05) is 6.08 Å². The van der Waals surface area contributed by atoms with Crippen LogP contribution in [0, 0.1) is 11.8 Å². The van der Waals surface area contributed by atoms with Gasteiger partial charge in [0.05, 0.1) is 0 Å². The van der Waals surface area contributed by atoms with Crippen molar-refractivity contribution in [2.24, 2.45) is 11.8 Å². The van der Waals surface area contributed by atoms with E-state index in [1.54, 1.807) is 0 Å². The summed E-state index contributed by atoms with van der Waals surface area (Å²) in [5.74, 6) is 1.99. The molecule has 1 aliphatic rings. The van der Waals surface area contributed by atoms with Gasteiger partial charge in [0, 0.05) is 0 Å². The van der Waals surface area contributed by atoms with Crippen LogP contribution in [-0.2, 0) is 0 Å². The van der Waals surface area contributed by atoms with Crippen molar-refractivity contribution in [3.63, 3.8) is 0 Å². The van der Waals surface area contributed by atoms with Crippen molar-refractivity contribution in [3.8, 4) is 0 Å². The van der Waals surface area contributed by atoms with Gasteiger partial charge in [-0.1, -0.05) is 45.1 Å². The monoisotopic (exact) mass is 223 g/mol. The van der Waals surface area contributed by atoms with Crippen molar-refractivity contribution < 1.29 is 0 Å². The molecule has 0 bridgehead atoms. The first-order valence-corrected chi connectivity index (χ1v) is 7.20. The third kappa shape index (κ3) is 5.16. The highest BCUT2D eigenvalue weighted by atomic mass is 14.8. The highest BCUT2D eigenvalue weighted by molar-refractivity contribution is 4.79. The van der Waals surface area contributed by atoms with Gasteiger partial charge in [-0.15, -0.1) is 6.58 Å². The Balaban J connectivity index is 2.07. The van der Waals surface area contributed by atoms with Gasteiger partial charge < -0.3 is 5.32 Å². The van der Waals surface area contributed by atoms with E-state index in [2.05, 4.69) is 18.8 Å². The smallest absolute Gasteiger partial charge is 0.00180 e. The van der Waals surface area contributed by atoms with Gasteiger partial charge >= 0.3 is 0 Å². The van der Waals surface area contributed by atoms with Crippen molar-refractivity contribution in [3.05, 3.63) is 12.7 Å². The quantitative estimate of drug-likeness (QED) is 0.457. The SMILES string of the molecule is C=CCCCCCC1CCCC1CNCC. The van der Waals surface area contributed by atoms with Crippen LogP contribution in [0.3, 0.4) is 0 Å². The number of rotatable bonds is 9. The van der Waals surface area contributed by atoms with Crippen LogP contribution in [0.25, 0.3) is 0 Å². The van der Waals surface area contributed by atoms with Gasteiger partial charge in [-0.3, -0.25) is 0 Å². The zero-order valence-corrected chi connectivity index (χ0v) is 11.0. The first kappa shape index (κ1) is 13.8. The van der Waals surface area contributed by atoms with E-state index in [9.17, 15) is 0 Å². The highest BCUT2D eigenvalue weighted by Gasteiger charge is 2.25. The summed E-state index contributed by atoms with van der Waals surface area (Å²) in [6.07, 6.45) is 13.3. The lowest BCUT2D eigenvalue weighted by Gasteiger charge is -2.19. The van der Waals surface area contributed by atoms with E-state index in [0.29, 0.717) is 0 Å². The van der Waals surface area contributed by atoms with Gasteiger partial charge in [0.2, 0.25) is 0 Å². The van der Waals surface area contributed by atoms with Crippen molar-refractivity contribution >= 4 is 0 Å². The lowest BCUT2D eigenvalue weighted by molar-refractivity contribution is 0.339. The van der Waals surface area contributed by atoms with Crippen molar-refractivity contribution in [1.29, 1.82) is 0 Å². The van der Waals surface area contributed by atoms with E-state index >= 15 is 0 Å². The van der Waals surface area contributed by atoms with Crippen LogP contribution in [0.1, 0.15) is 58.3 Å². The van der Waals surface area contributed by atoms with Crippen LogP contribution in [0.15, 0.2) is 12.7 Å². The lowest BCUT2D eigenvalue weighted by Crippen LogP contribution is -2.25. The Morgan fingerprint density at radius 3 is 2.75 bits per heavy atom. The predicted octanol–water partition coefficient (Wildman–Crippen LogP) is 4.15. The Morgan fingerprint density at radius 2 is 2.00 bits per heavy atom. The topological polar surface area (TPSA) is 12.0 Å². The van der Waals surface area contributed by atoms with Gasteiger partial charge in [-0.05, 0) is 44.2 Å². The van der Waals surface area contributed by atoms with E-state index in [-0.39, 0.29) is 0 Å². The number of hydrogen-bond donors (Lipinski definition) is 1. The molecule has 1 aliphatic carbocycles. The molecule has 0 aromatic rings. The molecule has 1 nitrogen and oxygen atoms in total. The van der Waals surface area contributed by atoms with Crippen molar-refractivity contribution in [2.45, 2.75) is 58.3 Å². The fourth-order valence-corrected chi connectivity index (χ4v) is 2.96. The summed E-state index contributed by atoms with van der Waals surface area (Å²) in [5.41, 5.74) is 0. The van der Waals surface area contributed by atoms with E-state index in [0.717, 1.165) is 18.4 Å². The number of unbranched alkanes of at least 4 members (excludes halogenated alkanes) is 3. The van der Waals surface area contributed by atoms with Gasteiger partial charge in [-0.25, -0.2) is 0 Å². The van der Waals surface area contributed by atoms with Gasteiger partial charge in [-0.2, -0.15) is 0 Å². The standard InChI is InChI=1S/C15H29N/c1-3-5-6-7-8-10-14-11-9-12-15(14)13-16-4-2/h3,14-16H,1,4-13H2,2H3. The molecule has 0 saturated heterocycles. The maximum Gasteiger partial charge on any atom is -0.00180 e. The molecule has 1 rings (SSSR count).